The number of hydrogen-bond acceptors (Lipinski definition) is 4. The molecule has 0 fully saturated rings. The maximum absolute atomic E-state index is 12.8. The van der Waals surface area contributed by atoms with Gasteiger partial charge in [0.1, 0.15) is 5.78 Å². The molecule has 6 heteroatoms. The van der Waals surface area contributed by atoms with Crippen molar-refractivity contribution in [3.63, 3.8) is 0 Å². The standard InChI is InChI=1S/C21H30N2O3S/c1-3-5-7-8-10-17(24)16-23-27(25,26)21-13-9-11-18-19(21)14-15-22-20(18)12-6-4-2/h9,11,13-15,23H,3-8,10,12,16H2,1-2H3. The van der Waals surface area contributed by atoms with Crippen LogP contribution in [0, 0.1) is 0 Å². The molecule has 0 bridgehead atoms. The van der Waals surface area contributed by atoms with Crippen molar-refractivity contribution in [2.24, 2.45) is 0 Å². The fourth-order valence-electron chi connectivity index (χ4n) is 3.11. The molecule has 0 saturated heterocycles. The van der Waals surface area contributed by atoms with E-state index in [1.807, 2.05) is 6.07 Å². The van der Waals surface area contributed by atoms with Crippen LogP contribution in [0.4, 0.5) is 0 Å². The molecule has 0 spiro atoms. The molecule has 5 nitrogen and oxygen atoms in total. The Morgan fingerprint density at radius 3 is 2.52 bits per heavy atom. The van der Waals surface area contributed by atoms with Crippen LogP contribution in [-0.2, 0) is 21.2 Å². The van der Waals surface area contributed by atoms with Gasteiger partial charge in [-0.15, -0.1) is 0 Å². The van der Waals surface area contributed by atoms with Gasteiger partial charge in [0.2, 0.25) is 10.0 Å². The zero-order valence-electron chi connectivity index (χ0n) is 16.3. The zero-order valence-corrected chi connectivity index (χ0v) is 17.1. The zero-order chi connectivity index (χ0) is 19.7. The van der Waals surface area contributed by atoms with Gasteiger partial charge in [-0.05, 0) is 31.4 Å². The summed E-state index contributed by atoms with van der Waals surface area (Å²) in [5.41, 5.74) is 0.915. The number of carbonyl (C=O) groups excluding carboxylic acids is 1. The summed E-state index contributed by atoms with van der Waals surface area (Å²) in [6.45, 7) is 4.08. The summed E-state index contributed by atoms with van der Waals surface area (Å²) in [7, 11) is -3.75. The number of unbranched alkanes of at least 4 members (excludes halogenated alkanes) is 4. The van der Waals surface area contributed by atoms with E-state index < -0.39 is 10.0 Å². The number of nitrogens with zero attached hydrogens (tertiary/aromatic N) is 1. The molecule has 1 heterocycles. The Labute approximate surface area is 162 Å². The summed E-state index contributed by atoms with van der Waals surface area (Å²) >= 11 is 0. The van der Waals surface area contributed by atoms with Gasteiger partial charge >= 0.3 is 0 Å². The van der Waals surface area contributed by atoms with E-state index in [2.05, 4.69) is 23.6 Å². The molecule has 0 amide bonds. The SMILES string of the molecule is CCCCCCC(=O)CNS(=O)(=O)c1cccc2c(CCCC)nccc12. The van der Waals surface area contributed by atoms with Gasteiger partial charge in [0.25, 0.3) is 0 Å². The molecule has 0 unspecified atom stereocenters. The maximum atomic E-state index is 12.8. The fraction of sp³-hybridized carbons (Fsp3) is 0.524. The fourth-order valence-corrected chi connectivity index (χ4v) is 4.34. The summed E-state index contributed by atoms with van der Waals surface area (Å²) in [6, 6.07) is 6.96. The maximum Gasteiger partial charge on any atom is 0.241 e. The van der Waals surface area contributed by atoms with Gasteiger partial charge in [-0.25, -0.2) is 13.1 Å². The van der Waals surface area contributed by atoms with Gasteiger partial charge in [-0.2, -0.15) is 0 Å². The van der Waals surface area contributed by atoms with Crippen molar-refractivity contribution in [2.75, 3.05) is 6.54 Å². The Morgan fingerprint density at radius 1 is 1.00 bits per heavy atom. The summed E-state index contributed by atoms with van der Waals surface area (Å²) in [6.07, 6.45) is 8.99. The number of aromatic nitrogens is 1. The first-order chi connectivity index (χ1) is 13.0. The summed E-state index contributed by atoms with van der Waals surface area (Å²) in [4.78, 5) is 16.6. The predicted molar refractivity (Wildman–Crippen MR) is 109 cm³/mol. The molecule has 0 aliphatic heterocycles. The van der Waals surface area contributed by atoms with Crippen LogP contribution in [0.5, 0.6) is 0 Å². The average molecular weight is 391 g/mol. The first-order valence-corrected chi connectivity index (χ1v) is 11.4. The minimum absolute atomic E-state index is 0.0692. The molecule has 0 saturated carbocycles. The Morgan fingerprint density at radius 2 is 1.78 bits per heavy atom. The van der Waals surface area contributed by atoms with Crippen molar-refractivity contribution in [1.29, 1.82) is 0 Å². The highest BCUT2D eigenvalue weighted by atomic mass is 32.2. The van der Waals surface area contributed by atoms with Gasteiger partial charge in [-0.1, -0.05) is 51.7 Å². The number of rotatable bonds is 12. The van der Waals surface area contributed by atoms with Crippen LogP contribution in [-0.4, -0.2) is 25.7 Å². The molecule has 1 N–H and O–H groups in total. The Hall–Kier alpha value is -1.79. The number of benzene rings is 1. The third kappa shape index (κ3) is 6.11. The number of sulfonamides is 1. The second kappa shape index (κ2) is 10.5. The minimum atomic E-state index is -3.75. The molecule has 0 aliphatic carbocycles. The number of aryl methyl sites for hydroxylation is 1. The second-order valence-electron chi connectivity index (χ2n) is 6.89. The topological polar surface area (TPSA) is 76.1 Å². The summed E-state index contributed by atoms with van der Waals surface area (Å²) in [5, 5.41) is 1.52. The Kier molecular flexibility index (Phi) is 8.38. The molecule has 27 heavy (non-hydrogen) atoms. The number of nitrogens with one attached hydrogen (secondary N) is 1. The number of hydrogen-bond donors (Lipinski definition) is 1. The van der Waals surface area contributed by atoms with E-state index in [4.69, 9.17) is 0 Å². The predicted octanol–water partition coefficient (Wildman–Crippen LogP) is 4.40. The highest BCUT2D eigenvalue weighted by Gasteiger charge is 2.19. The van der Waals surface area contributed by atoms with Crippen molar-refractivity contribution >= 4 is 26.6 Å². The number of pyridine rings is 1. The van der Waals surface area contributed by atoms with Crippen molar-refractivity contribution in [1.82, 2.24) is 9.71 Å². The van der Waals surface area contributed by atoms with Crippen molar-refractivity contribution in [2.45, 2.75) is 70.1 Å². The van der Waals surface area contributed by atoms with Crippen LogP contribution < -0.4 is 4.72 Å². The largest absolute Gasteiger partial charge is 0.298 e. The van der Waals surface area contributed by atoms with E-state index in [1.54, 1.807) is 24.4 Å². The molecule has 0 atom stereocenters. The van der Waals surface area contributed by atoms with Crippen LogP contribution in [0.3, 0.4) is 0 Å². The van der Waals surface area contributed by atoms with Gasteiger partial charge in [0, 0.05) is 29.1 Å². The number of carbonyl (C=O) groups is 1. The number of fused-ring (bicyclic) bond motifs is 1. The quantitative estimate of drug-likeness (QED) is 0.545. The molecule has 2 rings (SSSR count). The van der Waals surface area contributed by atoms with Crippen molar-refractivity contribution in [3.8, 4) is 0 Å². The molecule has 1 aromatic carbocycles. The van der Waals surface area contributed by atoms with E-state index in [1.165, 1.54) is 0 Å². The van der Waals surface area contributed by atoms with Crippen molar-refractivity contribution in [3.05, 3.63) is 36.2 Å². The van der Waals surface area contributed by atoms with E-state index >= 15 is 0 Å². The second-order valence-corrected chi connectivity index (χ2v) is 8.62. The van der Waals surface area contributed by atoms with Gasteiger partial charge in [-0.3, -0.25) is 9.78 Å². The molecule has 0 radical (unpaired) electrons. The summed E-state index contributed by atoms with van der Waals surface area (Å²) < 4.78 is 28.0. The number of Topliss-reactive ketones (excluding diaryl/α,β-unsaturated/α-hetero) is 1. The Bertz CT molecular complexity index is 863. The molecule has 1 aromatic heterocycles. The van der Waals surface area contributed by atoms with Gasteiger partial charge in [0.15, 0.2) is 0 Å². The van der Waals surface area contributed by atoms with Crippen LogP contribution in [0.1, 0.15) is 64.5 Å². The highest BCUT2D eigenvalue weighted by molar-refractivity contribution is 7.89. The lowest BCUT2D eigenvalue weighted by molar-refractivity contribution is -0.118. The van der Waals surface area contributed by atoms with E-state index in [9.17, 15) is 13.2 Å². The monoisotopic (exact) mass is 390 g/mol. The van der Waals surface area contributed by atoms with Crippen LogP contribution in [0.15, 0.2) is 35.4 Å². The smallest absolute Gasteiger partial charge is 0.241 e. The molecular formula is C21H30N2O3S. The first-order valence-electron chi connectivity index (χ1n) is 9.87. The van der Waals surface area contributed by atoms with E-state index in [0.717, 1.165) is 56.0 Å². The lowest BCUT2D eigenvalue weighted by Crippen LogP contribution is -2.29. The van der Waals surface area contributed by atoms with Gasteiger partial charge < -0.3 is 0 Å². The van der Waals surface area contributed by atoms with Gasteiger partial charge in [0.05, 0.1) is 11.4 Å². The Balaban J connectivity index is 2.14. The highest BCUT2D eigenvalue weighted by Crippen LogP contribution is 2.25. The third-order valence-electron chi connectivity index (χ3n) is 4.67. The molecule has 0 aliphatic rings. The van der Waals surface area contributed by atoms with E-state index in [-0.39, 0.29) is 17.2 Å². The van der Waals surface area contributed by atoms with Crippen molar-refractivity contribution < 1.29 is 13.2 Å². The minimum Gasteiger partial charge on any atom is -0.298 e. The van der Waals surface area contributed by atoms with Crippen LogP contribution in [0.25, 0.3) is 10.8 Å². The molecule has 2 aromatic rings. The average Bonchev–Trinajstić information content (AvgIpc) is 2.67. The number of ketones is 1. The first kappa shape index (κ1) is 21.5. The molecule has 148 valence electrons. The lowest BCUT2D eigenvalue weighted by atomic mass is 10.1. The summed E-state index contributed by atoms with van der Waals surface area (Å²) in [5.74, 6) is -0.0692. The lowest BCUT2D eigenvalue weighted by Gasteiger charge is -2.11. The van der Waals surface area contributed by atoms with Crippen LogP contribution >= 0.6 is 0 Å². The normalized spacial score (nSPS) is 11.8. The molecular weight excluding hydrogens is 360 g/mol. The van der Waals surface area contributed by atoms with E-state index in [0.29, 0.717) is 11.8 Å². The third-order valence-corrected chi connectivity index (χ3v) is 6.13. The van der Waals surface area contributed by atoms with Crippen LogP contribution in [0.2, 0.25) is 0 Å².